The van der Waals surface area contributed by atoms with Gasteiger partial charge in [0.25, 0.3) is 0 Å². The minimum absolute atomic E-state index is 0.0132. The van der Waals surface area contributed by atoms with E-state index < -0.39 is 0 Å². The molecule has 1 aliphatic heterocycles. The first kappa shape index (κ1) is 15.6. The quantitative estimate of drug-likeness (QED) is 0.766. The van der Waals surface area contributed by atoms with Crippen molar-refractivity contribution in [2.75, 3.05) is 40.4 Å². The maximum atomic E-state index is 11.9. The average Bonchev–Trinajstić information content (AvgIpc) is 2.81. The van der Waals surface area contributed by atoms with E-state index in [2.05, 4.69) is 4.90 Å². The van der Waals surface area contributed by atoms with Crippen molar-refractivity contribution >= 4 is 5.91 Å². The Balaban J connectivity index is 1.83. The fourth-order valence-electron chi connectivity index (χ4n) is 2.51. The average molecular weight is 292 g/mol. The number of amides is 1. The summed E-state index contributed by atoms with van der Waals surface area (Å²) < 4.78 is 11.3. The first-order valence-corrected chi connectivity index (χ1v) is 7.43. The summed E-state index contributed by atoms with van der Waals surface area (Å²) in [6, 6.07) is 7.65. The van der Waals surface area contributed by atoms with Crippen molar-refractivity contribution in [2.45, 2.75) is 19.4 Å². The summed E-state index contributed by atoms with van der Waals surface area (Å²) in [4.78, 5) is 15.8. The van der Waals surface area contributed by atoms with Gasteiger partial charge in [-0.15, -0.1) is 0 Å². The zero-order valence-corrected chi connectivity index (χ0v) is 13.0. The van der Waals surface area contributed by atoms with Crippen molar-refractivity contribution in [1.29, 1.82) is 0 Å². The molecule has 5 heteroatoms. The van der Waals surface area contributed by atoms with Crippen LogP contribution in [0.2, 0.25) is 0 Å². The monoisotopic (exact) mass is 292 g/mol. The van der Waals surface area contributed by atoms with Crippen LogP contribution in [0, 0.1) is 0 Å². The van der Waals surface area contributed by atoms with E-state index in [9.17, 15) is 4.79 Å². The highest BCUT2D eigenvalue weighted by Crippen LogP contribution is 2.26. The van der Waals surface area contributed by atoms with Crippen LogP contribution in [0.15, 0.2) is 24.3 Å². The number of hydrogen-bond acceptors (Lipinski definition) is 4. The van der Waals surface area contributed by atoms with Crippen LogP contribution in [0.1, 0.15) is 13.3 Å². The number of benzene rings is 1. The number of carbonyl (C=O) groups excluding carboxylic acids is 1. The van der Waals surface area contributed by atoms with Gasteiger partial charge in [-0.2, -0.15) is 0 Å². The minimum atomic E-state index is -0.0132. The summed E-state index contributed by atoms with van der Waals surface area (Å²) in [5.41, 5.74) is 0. The van der Waals surface area contributed by atoms with Gasteiger partial charge in [-0.1, -0.05) is 12.1 Å². The Labute approximate surface area is 126 Å². The lowest BCUT2D eigenvalue weighted by atomic mass is 10.2. The van der Waals surface area contributed by atoms with Gasteiger partial charge >= 0.3 is 0 Å². The number of rotatable bonds is 7. The normalized spacial score (nSPS) is 18.4. The molecule has 1 amide bonds. The summed E-state index contributed by atoms with van der Waals surface area (Å²) in [5, 5.41) is 0. The summed E-state index contributed by atoms with van der Waals surface area (Å²) in [5.74, 6) is 1.72. The zero-order valence-electron chi connectivity index (χ0n) is 13.0. The van der Waals surface area contributed by atoms with E-state index in [0.717, 1.165) is 24.5 Å². The van der Waals surface area contributed by atoms with E-state index in [1.807, 2.05) is 45.3 Å². The molecule has 116 valence electrons. The molecule has 0 saturated carbocycles. The van der Waals surface area contributed by atoms with Crippen molar-refractivity contribution in [3.05, 3.63) is 24.3 Å². The van der Waals surface area contributed by atoms with Gasteiger partial charge in [-0.05, 0) is 32.5 Å². The number of para-hydroxylation sites is 2. The number of likely N-dealkylation sites (N-methyl/N-ethyl adjacent to an activating group) is 2. The molecule has 1 saturated heterocycles. The molecule has 0 aromatic heterocycles. The van der Waals surface area contributed by atoms with E-state index in [1.165, 1.54) is 0 Å². The zero-order chi connectivity index (χ0) is 15.2. The fourth-order valence-corrected chi connectivity index (χ4v) is 2.51. The van der Waals surface area contributed by atoms with E-state index in [1.54, 1.807) is 4.90 Å². The first-order valence-electron chi connectivity index (χ1n) is 7.43. The Morgan fingerprint density at radius 2 is 1.95 bits per heavy atom. The Morgan fingerprint density at radius 3 is 2.52 bits per heavy atom. The Kier molecular flexibility index (Phi) is 5.44. The smallest absolute Gasteiger partial charge is 0.239 e. The van der Waals surface area contributed by atoms with Crippen molar-refractivity contribution < 1.29 is 14.3 Å². The number of nitrogens with zero attached hydrogens (tertiary/aromatic N) is 2. The third-order valence-corrected chi connectivity index (χ3v) is 3.78. The molecule has 2 rings (SSSR count). The molecule has 0 spiro atoms. The molecule has 1 aromatic carbocycles. The summed E-state index contributed by atoms with van der Waals surface area (Å²) in [6.45, 7) is 4.65. The third-order valence-electron chi connectivity index (χ3n) is 3.78. The molecule has 1 aromatic rings. The van der Waals surface area contributed by atoms with Gasteiger partial charge in [-0.3, -0.25) is 9.69 Å². The molecular weight excluding hydrogens is 268 g/mol. The molecule has 1 fully saturated rings. The summed E-state index contributed by atoms with van der Waals surface area (Å²) >= 11 is 0. The molecule has 0 bridgehead atoms. The molecular formula is C16H24N2O3. The minimum Gasteiger partial charge on any atom is -0.490 e. The summed E-state index contributed by atoms with van der Waals surface area (Å²) in [7, 11) is 3.82. The Morgan fingerprint density at radius 1 is 1.29 bits per heavy atom. The lowest BCUT2D eigenvalue weighted by Crippen LogP contribution is -2.40. The van der Waals surface area contributed by atoms with E-state index in [-0.39, 0.29) is 11.9 Å². The highest BCUT2D eigenvalue weighted by Gasteiger charge is 2.31. The van der Waals surface area contributed by atoms with Crippen LogP contribution in [0.5, 0.6) is 11.5 Å². The number of ether oxygens (including phenoxy) is 2. The maximum absolute atomic E-state index is 11.9. The van der Waals surface area contributed by atoms with Gasteiger partial charge < -0.3 is 14.4 Å². The summed E-state index contributed by atoms with van der Waals surface area (Å²) in [6.07, 6.45) is 0.890. The molecule has 0 unspecified atom stereocenters. The van der Waals surface area contributed by atoms with E-state index >= 15 is 0 Å². The van der Waals surface area contributed by atoms with Gasteiger partial charge in [0.05, 0.1) is 12.6 Å². The molecule has 1 heterocycles. The van der Waals surface area contributed by atoms with Gasteiger partial charge in [0.2, 0.25) is 5.91 Å². The van der Waals surface area contributed by atoms with E-state index in [0.29, 0.717) is 19.8 Å². The molecule has 0 radical (unpaired) electrons. The fraction of sp³-hybridized carbons (Fsp3) is 0.562. The van der Waals surface area contributed by atoms with Crippen LogP contribution >= 0.6 is 0 Å². The molecule has 21 heavy (non-hydrogen) atoms. The third kappa shape index (κ3) is 3.88. The van der Waals surface area contributed by atoms with Gasteiger partial charge in [0, 0.05) is 20.1 Å². The topological polar surface area (TPSA) is 42.0 Å². The largest absolute Gasteiger partial charge is 0.490 e. The number of likely N-dealkylation sites (tertiary alicyclic amines) is 1. The van der Waals surface area contributed by atoms with Crippen molar-refractivity contribution in [3.63, 3.8) is 0 Å². The molecule has 1 aliphatic rings. The predicted molar refractivity (Wildman–Crippen MR) is 81.8 cm³/mol. The van der Waals surface area contributed by atoms with Crippen molar-refractivity contribution in [1.82, 2.24) is 9.80 Å². The lowest BCUT2D eigenvalue weighted by Gasteiger charge is -2.23. The number of hydrogen-bond donors (Lipinski definition) is 0. The second-order valence-electron chi connectivity index (χ2n) is 5.27. The van der Waals surface area contributed by atoms with E-state index in [4.69, 9.17) is 9.47 Å². The first-order chi connectivity index (χ1) is 10.1. The predicted octanol–water partition coefficient (Wildman–Crippen LogP) is 1.63. The molecule has 5 nitrogen and oxygen atoms in total. The number of carbonyl (C=O) groups is 1. The standard InChI is InChI=1S/C16H24N2O3/c1-4-20-14-7-5-6-8-15(14)21-12-11-17(2)13-9-10-18(3)16(13)19/h5-8,13H,4,9-12H2,1-3H3/t13-/m1/s1. The Bertz CT molecular complexity index is 478. The second-order valence-corrected chi connectivity index (χ2v) is 5.27. The van der Waals surface area contributed by atoms with Gasteiger partial charge in [-0.25, -0.2) is 0 Å². The maximum Gasteiger partial charge on any atom is 0.239 e. The molecule has 1 atom stereocenters. The highest BCUT2D eigenvalue weighted by atomic mass is 16.5. The van der Waals surface area contributed by atoms with Gasteiger partial charge in [0.1, 0.15) is 6.61 Å². The van der Waals surface area contributed by atoms with Crippen molar-refractivity contribution in [2.24, 2.45) is 0 Å². The van der Waals surface area contributed by atoms with Crippen molar-refractivity contribution in [3.8, 4) is 11.5 Å². The SMILES string of the molecule is CCOc1ccccc1OCCN(C)[C@@H]1CCN(C)C1=O. The lowest BCUT2D eigenvalue weighted by molar-refractivity contribution is -0.130. The van der Waals surface area contributed by atoms with Crippen LogP contribution in [-0.2, 0) is 4.79 Å². The van der Waals surface area contributed by atoms with Gasteiger partial charge in [0.15, 0.2) is 11.5 Å². The van der Waals surface area contributed by atoms with Crippen LogP contribution in [0.4, 0.5) is 0 Å². The van der Waals surface area contributed by atoms with Crippen LogP contribution in [-0.4, -0.2) is 62.1 Å². The van der Waals surface area contributed by atoms with Crippen LogP contribution in [0.3, 0.4) is 0 Å². The highest BCUT2D eigenvalue weighted by molar-refractivity contribution is 5.83. The Hall–Kier alpha value is -1.75. The van der Waals surface area contributed by atoms with Crippen LogP contribution < -0.4 is 9.47 Å². The second kappa shape index (κ2) is 7.31. The molecule has 0 N–H and O–H groups in total. The molecule has 0 aliphatic carbocycles. The van der Waals surface area contributed by atoms with Crippen LogP contribution in [0.25, 0.3) is 0 Å².